The SMILES string of the molecule is CC(C)c1ccc(C(O)CCC(F)(F)F)cc1. The Balaban J connectivity index is 2.60. The zero-order chi connectivity index (χ0) is 13.1. The van der Waals surface area contributed by atoms with Gasteiger partial charge in [0.2, 0.25) is 0 Å². The summed E-state index contributed by atoms with van der Waals surface area (Å²) in [5.74, 6) is 0.372. The zero-order valence-corrected chi connectivity index (χ0v) is 9.96. The largest absolute Gasteiger partial charge is 0.389 e. The van der Waals surface area contributed by atoms with Crippen molar-refractivity contribution in [1.29, 1.82) is 0 Å². The van der Waals surface area contributed by atoms with Crippen LogP contribution in [0.3, 0.4) is 0 Å². The van der Waals surface area contributed by atoms with Gasteiger partial charge in [0, 0.05) is 6.42 Å². The van der Waals surface area contributed by atoms with Crippen molar-refractivity contribution in [3.05, 3.63) is 35.4 Å². The summed E-state index contributed by atoms with van der Waals surface area (Å²) >= 11 is 0. The minimum atomic E-state index is -4.21. The Bertz CT molecular complexity index is 341. The highest BCUT2D eigenvalue weighted by atomic mass is 19.4. The molecule has 0 saturated heterocycles. The van der Waals surface area contributed by atoms with Gasteiger partial charge in [-0.3, -0.25) is 0 Å². The molecule has 0 aliphatic rings. The van der Waals surface area contributed by atoms with Crippen LogP contribution in [0.4, 0.5) is 13.2 Å². The standard InChI is InChI=1S/C13H17F3O/c1-9(2)10-3-5-11(6-4-10)12(17)7-8-13(14,15)16/h3-6,9,12,17H,7-8H2,1-2H3. The molecule has 1 N–H and O–H groups in total. The average Bonchev–Trinajstić information content (AvgIpc) is 2.25. The molecule has 1 atom stereocenters. The highest BCUT2D eigenvalue weighted by Gasteiger charge is 2.28. The minimum Gasteiger partial charge on any atom is -0.388 e. The monoisotopic (exact) mass is 246 g/mol. The van der Waals surface area contributed by atoms with Gasteiger partial charge in [0.1, 0.15) is 0 Å². The quantitative estimate of drug-likeness (QED) is 0.844. The van der Waals surface area contributed by atoms with Gasteiger partial charge in [0.15, 0.2) is 0 Å². The van der Waals surface area contributed by atoms with E-state index in [9.17, 15) is 18.3 Å². The van der Waals surface area contributed by atoms with Gasteiger partial charge in [-0.25, -0.2) is 0 Å². The first-order valence-electron chi connectivity index (χ1n) is 5.64. The number of aliphatic hydroxyl groups excluding tert-OH is 1. The maximum absolute atomic E-state index is 12.0. The van der Waals surface area contributed by atoms with Crippen LogP contribution in [0.15, 0.2) is 24.3 Å². The van der Waals surface area contributed by atoms with Gasteiger partial charge in [-0.15, -0.1) is 0 Å². The number of hydrogen-bond donors (Lipinski definition) is 1. The lowest BCUT2D eigenvalue weighted by Gasteiger charge is -2.13. The lowest BCUT2D eigenvalue weighted by molar-refractivity contribution is -0.140. The third-order valence-electron chi connectivity index (χ3n) is 2.69. The van der Waals surface area contributed by atoms with Crippen LogP contribution in [0.1, 0.15) is 49.8 Å². The molecule has 1 aromatic carbocycles. The number of benzene rings is 1. The Morgan fingerprint density at radius 2 is 1.53 bits per heavy atom. The van der Waals surface area contributed by atoms with Crippen molar-refractivity contribution in [1.82, 2.24) is 0 Å². The van der Waals surface area contributed by atoms with E-state index in [0.29, 0.717) is 11.5 Å². The molecule has 1 aromatic rings. The number of aliphatic hydroxyl groups is 1. The van der Waals surface area contributed by atoms with Gasteiger partial charge in [-0.05, 0) is 23.5 Å². The van der Waals surface area contributed by atoms with Gasteiger partial charge in [-0.2, -0.15) is 13.2 Å². The highest BCUT2D eigenvalue weighted by molar-refractivity contribution is 5.26. The Labute approximate surface area is 99.3 Å². The number of hydrogen-bond acceptors (Lipinski definition) is 1. The summed E-state index contributed by atoms with van der Waals surface area (Å²) in [7, 11) is 0. The van der Waals surface area contributed by atoms with Crippen molar-refractivity contribution in [2.45, 2.75) is 44.9 Å². The third kappa shape index (κ3) is 4.77. The van der Waals surface area contributed by atoms with E-state index in [1.54, 1.807) is 12.1 Å². The van der Waals surface area contributed by atoms with E-state index < -0.39 is 18.7 Å². The summed E-state index contributed by atoms with van der Waals surface area (Å²) in [4.78, 5) is 0. The first-order chi connectivity index (χ1) is 7.79. The fourth-order valence-electron chi connectivity index (χ4n) is 1.57. The highest BCUT2D eigenvalue weighted by Crippen LogP contribution is 2.28. The molecule has 4 heteroatoms. The van der Waals surface area contributed by atoms with Gasteiger partial charge in [0.05, 0.1) is 6.10 Å². The Hall–Kier alpha value is -1.03. The smallest absolute Gasteiger partial charge is 0.388 e. The maximum atomic E-state index is 12.0. The molecular weight excluding hydrogens is 229 g/mol. The van der Waals surface area contributed by atoms with Gasteiger partial charge >= 0.3 is 6.18 Å². The molecule has 96 valence electrons. The van der Waals surface area contributed by atoms with Crippen LogP contribution in [0.5, 0.6) is 0 Å². The third-order valence-corrected chi connectivity index (χ3v) is 2.69. The second-order valence-corrected chi connectivity index (χ2v) is 4.49. The molecular formula is C13H17F3O. The molecule has 0 aliphatic heterocycles. The summed E-state index contributed by atoms with van der Waals surface area (Å²) in [5.41, 5.74) is 1.65. The Morgan fingerprint density at radius 3 is 1.94 bits per heavy atom. The van der Waals surface area contributed by atoms with Crippen molar-refractivity contribution in [3.8, 4) is 0 Å². The van der Waals surface area contributed by atoms with E-state index in [4.69, 9.17) is 0 Å². The van der Waals surface area contributed by atoms with Crippen LogP contribution in [0.2, 0.25) is 0 Å². The molecule has 0 heterocycles. The average molecular weight is 246 g/mol. The molecule has 1 rings (SSSR count). The van der Waals surface area contributed by atoms with Gasteiger partial charge in [-0.1, -0.05) is 38.1 Å². The first-order valence-corrected chi connectivity index (χ1v) is 5.64. The molecule has 0 bridgehead atoms. The van der Waals surface area contributed by atoms with Crippen LogP contribution in [-0.4, -0.2) is 11.3 Å². The summed E-state index contributed by atoms with van der Waals surface area (Å²) in [5, 5.41) is 9.61. The number of rotatable bonds is 4. The van der Waals surface area contributed by atoms with E-state index >= 15 is 0 Å². The van der Waals surface area contributed by atoms with Crippen molar-refractivity contribution in [2.24, 2.45) is 0 Å². The van der Waals surface area contributed by atoms with Crippen molar-refractivity contribution >= 4 is 0 Å². The number of alkyl halides is 3. The lowest BCUT2D eigenvalue weighted by Crippen LogP contribution is -2.10. The van der Waals surface area contributed by atoms with E-state index in [-0.39, 0.29) is 6.42 Å². The molecule has 0 saturated carbocycles. The van der Waals surface area contributed by atoms with Gasteiger partial charge in [0.25, 0.3) is 0 Å². The minimum absolute atomic E-state index is 0.287. The van der Waals surface area contributed by atoms with E-state index in [0.717, 1.165) is 5.56 Å². The maximum Gasteiger partial charge on any atom is 0.389 e. The fourth-order valence-corrected chi connectivity index (χ4v) is 1.57. The predicted octanol–water partition coefficient (Wildman–Crippen LogP) is 4.19. The second kappa shape index (κ2) is 5.54. The molecule has 0 aliphatic carbocycles. The first kappa shape index (κ1) is 14.0. The van der Waals surface area contributed by atoms with E-state index in [1.165, 1.54) is 0 Å². The molecule has 0 fully saturated rings. The van der Waals surface area contributed by atoms with Crippen LogP contribution in [0, 0.1) is 0 Å². The van der Waals surface area contributed by atoms with Gasteiger partial charge < -0.3 is 5.11 Å². The van der Waals surface area contributed by atoms with Crippen LogP contribution in [-0.2, 0) is 0 Å². The Morgan fingerprint density at radius 1 is 1.06 bits per heavy atom. The summed E-state index contributed by atoms with van der Waals surface area (Å²) in [6, 6.07) is 7.07. The molecule has 0 aromatic heterocycles. The van der Waals surface area contributed by atoms with Crippen LogP contribution < -0.4 is 0 Å². The lowest BCUT2D eigenvalue weighted by atomic mass is 9.98. The molecule has 0 amide bonds. The van der Waals surface area contributed by atoms with E-state index in [1.807, 2.05) is 26.0 Å². The van der Waals surface area contributed by atoms with Crippen LogP contribution >= 0.6 is 0 Å². The molecule has 0 radical (unpaired) electrons. The summed E-state index contributed by atoms with van der Waals surface area (Å²) < 4.78 is 36.0. The van der Waals surface area contributed by atoms with Crippen molar-refractivity contribution in [3.63, 3.8) is 0 Å². The zero-order valence-electron chi connectivity index (χ0n) is 9.96. The van der Waals surface area contributed by atoms with Crippen molar-refractivity contribution in [2.75, 3.05) is 0 Å². The Kier molecular flexibility index (Phi) is 4.57. The summed E-state index contributed by atoms with van der Waals surface area (Å²) in [6.45, 7) is 4.07. The normalized spacial score (nSPS) is 14.1. The molecule has 1 unspecified atom stereocenters. The predicted molar refractivity (Wildman–Crippen MR) is 60.8 cm³/mol. The fraction of sp³-hybridized carbons (Fsp3) is 0.538. The topological polar surface area (TPSA) is 20.2 Å². The molecule has 0 spiro atoms. The van der Waals surface area contributed by atoms with Crippen LogP contribution in [0.25, 0.3) is 0 Å². The van der Waals surface area contributed by atoms with E-state index in [2.05, 4.69) is 0 Å². The second-order valence-electron chi connectivity index (χ2n) is 4.49. The van der Waals surface area contributed by atoms with Crippen molar-refractivity contribution < 1.29 is 18.3 Å². The molecule has 17 heavy (non-hydrogen) atoms. The number of halogens is 3. The molecule has 1 nitrogen and oxygen atoms in total. The summed E-state index contributed by atoms with van der Waals surface area (Å²) in [6.07, 6.45) is -6.50.